The molecule has 0 aromatic heterocycles. The first-order valence-electron chi connectivity index (χ1n) is 7.28. The summed E-state index contributed by atoms with van der Waals surface area (Å²) in [4.78, 5) is 13.9. The first-order chi connectivity index (χ1) is 10.00. The highest BCUT2D eigenvalue weighted by molar-refractivity contribution is 5.87. The van der Waals surface area contributed by atoms with Crippen molar-refractivity contribution in [3.63, 3.8) is 0 Å². The lowest BCUT2D eigenvalue weighted by atomic mass is 9.81. The third-order valence-corrected chi connectivity index (χ3v) is 4.03. The van der Waals surface area contributed by atoms with Gasteiger partial charge in [0.15, 0.2) is 0 Å². The molecule has 0 bridgehead atoms. The average Bonchev–Trinajstić information content (AvgIpc) is 2.51. The Bertz CT molecular complexity index is 487. The third kappa shape index (κ3) is 4.72. The highest BCUT2D eigenvalue weighted by Crippen LogP contribution is 2.26. The lowest BCUT2D eigenvalue weighted by molar-refractivity contribution is -0.118. The summed E-state index contributed by atoms with van der Waals surface area (Å²) >= 11 is 0. The van der Waals surface area contributed by atoms with Gasteiger partial charge in [0.1, 0.15) is 0 Å². The largest absolute Gasteiger partial charge is 0.348 e. The normalized spacial score (nSPS) is 14.4. The highest BCUT2D eigenvalue weighted by atomic mass is 35.5. The summed E-state index contributed by atoms with van der Waals surface area (Å²) in [5.41, 5.74) is 0.881. The molecule has 0 spiro atoms. The van der Waals surface area contributed by atoms with Crippen LogP contribution in [-0.4, -0.2) is 36.5 Å². The Labute approximate surface area is 140 Å². The summed E-state index contributed by atoms with van der Waals surface area (Å²) in [6, 6.07) is 10.2. The average molecular weight is 323 g/mol. The van der Waals surface area contributed by atoms with E-state index in [4.69, 9.17) is 0 Å². The van der Waals surface area contributed by atoms with Crippen molar-refractivity contribution >= 4 is 18.3 Å². The molecular weight excluding hydrogens is 296 g/mol. The lowest BCUT2D eigenvalue weighted by Crippen LogP contribution is -2.60. The van der Waals surface area contributed by atoms with Gasteiger partial charge < -0.3 is 5.32 Å². The number of rotatable bonds is 8. The minimum absolute atomic E-state index is 0. The molecule has 3 nitrogen and oxygen atoms in total. The van der Waals surface area contributed by atoms with Crippen LogP contribution in [0.1, 0.15) is 18.9 Å². The Balaban J connectivity index is 0.00000441. The predicted octanol–water partition coefficient (Wildman–Crippen LogP) is 3.22. The zero-order valence-electron chi connectivity index (χ0n) is 13.7. The Morgan fingerprint density at radius 3 is 2.32 bits per heavy atom. The predicted molar refractivity (Wildman–Crippen MR) is 96.4 cm³/mol. The van der Waals surface area contributed by atoms with Crippen LogP contribution in [0.4, 0.5) is 0 Å². The second-order valence-corrected chi connectivity index (χ2v) is 5.43. The maximum Gasteiger partial charge on any atom is 0.243 e. The second-order valence-electron chi connectivity index (χ2n) is 5.43. The molecular formula is C18H27ClN2O. The van der Waals surface area contributed by atoms with Crippen LogP contribution in [0.3, 0.4) is 0 Å². The van der Waals surface area contributed by atoms with E-state index in [1.165, 1.54) is 11.6 Å². The van der Waals surface area contributed by atoms with Crippen molar-refractivity contribution < 1.29 is 4.79 Å². The van der Waals surface area contributed by atoms with Crippen LogP contribution in [0.15, 0.2) is 55.6 Å². The van der Waals surface area contributed by atoms with Gasteiger partial charge >= 0.3 is 0 Å². The number of nitrogens with one attached hydrogen (secondary N) is 1. The van der Waals surface area contributed by atoms with Crippen molar-refractivity contribution in [1.29, 1.82) is 0 Å². The summed E-state index contributed by atoms with van der Waals surface area (Å²) in [5, 5.41) is 3.04. The van der Waals surface area contributed by atoms with Crippen molar-refractivity contribution in [2.75, 3.05) is 14.1 Å². The van der Waals surface area contributed by atoms with Gasteiger partial charge in [0.2, 0.25) is 5.91 Å². The van der Waals surface area contributed by atoms with E-state index in [1.54, 1.807) is 0 Å². The maximum absolute atomic E-state index is 11.7. The van der Waals surface area contributed by atoms with Gasteiger partial charge in [-0.15, -0.1) is 19.0 Å². The quantitative estimate of drug-likeness (QED) is 0.589. The zero-order chi connectivity index (χ0) is 15.9. The van der Waals surface area contributed by atoms with E-state index in [-0.39, 0.29) is 29.9 Å². The van der Waals surface area contributed by atoms with Crippen LogP contribution < -0.4 is 5.32 Å². The first kappa shape index (κ1) is 20.4. The molecule has 0 heterocycles. The number of hydrogen-bond donors (Lipinski definition) is 1. The molecule has 0 saturated carbocycles. The summed E-state index contributed by atoms with van der Waals surface area (Å²) < 4.78 is 0. The number of halogens is 1. The molecule has 0 aliphatic heterocycles. The molecule has 1 amide bonds. The van der Waals surface area contributed by atoms with E-state index < -0.39 is 0 Å². The molecule has 22 heavy (non-hydrogen) atoms. The minimum Gasteiger partial charge on any atom is -0.348 e. The molecule has 0 aliphatic carbocycles. The summed E-state index contributed by atoms with van der Waals surface area (Å²) in [7, 11) is 4.04. The molecule has 1 aromatic carbocycles. The Morgan fingerprint density at radius 2 is 1.91 bits per heavy atom. The molecule has 0 saturated heterocycles. The van der Waals surface area contributed by atoms with E-state index in [9.17, 15) is 4.79 Å². The first-order valence-corrected chi connectivity index (χ1v) is 7.28. The second kappa shape index (κ2) is 9.44. The smallest absolute Gasteiger partial charge is 0.243 e. The van der Waals surface area contributed by atoms with Crippen LogP contribution in [0.5, 0.6) is 0 Å². The van der Waals surface area contributed by atoms with Crippen LogP contribution in [0.25, 0.3) is 0 Å². The fourth-order valence-electron chi connectivity index (χ4n) is 2.72. The van der Waals surface area contributed by atoms with Gasteiger partial charge in [-0.1, -0.05) is 49.9 Å². The van der Waals surface area contributed by atoms with Gasteiger partial charge in [-0.3, -0.25) is 9.69 Å². The molecule has 4 heteroatoms. The number of benzene rings is 1. The highest BCUT2D eigenvalue weighted by Gasteiger charge is 2.38. The van der Waals surface area contributed by atoms with Crippen molar-refractivity contribution in [2.24, 2.45) is 0 Å². The molecule has 0 fully saturated rings. The van der Waals surface area contributed by atoms with Crippen LogP contribution in [0.2, 0.25) is 0 Å². The van der Waals surface area contributed by atoms with Gasteiger partial charge in [0.25, 0.3) is 0 Å². The number of amides is 1. The number of hydrogen-bond acceptors (Lipinski definition) is 2. The van der Waals surface area contributed by atoms with Gasteiger partial charge in [0.05, 0.1) is 11.6 Å². The fraction of sp³-hybridized carbons (Fsp3) is 0.389. The molecule has 1 rings (SSSR count). The van der Waals surface area contributed by atoms with E-state index >= 15 is 0 Å². The van der Waals surface area contributed by atoms with E-state index in [2.05, 4.69) is 42.4 Å². The standard InChI is InChI=1S/C18H26N2O.ClH/c1-6-16(19-17(21)7-2)18(8-3,20(4)5)14-15-12-10-9-11-13-15;/h7-13,16H,2-3,6,14H2,1,4-5H3,(H,19,21);1H. The number of carbonyl (C=O) groups excluding carboxylic acids is 1. The lowest BCUT2D eigenvalue weighted by Gasteiger charge is -2.44. The van der Waals surface area contributed by atoms with Crippen molar-refractivity contribution in [3.8, 4) is 0 Å². The van der Waals surface area contributed by atoms with E-state index in [1.807, 2.05) is 38.4 Å². The Kier molecular flexibility index (Phi) is 8.76. The number of likely N-dealkylation sites (N-methyl/N-ethyl adjacent to an activating group) is 1. The van der Waals surface area contributed by atoms with Gasteiger partial charge in [-0.25, -0.2) is 0 Å². The third-order valence-electron chi connectivity index (χ3n) is 4.03. The van der Waals surface area contributed by atoms with Crippen LogP contribution in [-0.2, 0) is 11.2 Å². The molecule has 0 radical (unpaired) electrons. The zero-order valence-corrected chi connectivity index (χ0v) is 14.5. The van der Waals surface area contributed by atoms with Crippen molar-refractivity contribution in [1.82, 2.24) is 10.2 Å². The summed E-state index contributed by atoms with van der Waals surface area (Å²) in [6.45, 7) is 9.64. The fourth-order valence-corrected chi connectivity index (χ4v) is 2.72. The van der Waals surface area contributed by atoms with Crippen molar-refractivity contribution in [2.45, 2.75) is 31.3 Å². The summed E-state index contributed by atoms with van der Waals surface area (Å²) in [5.74, 6) is -0.150. The SMILES string of the molecule is C=CC(=O)NC(CC)C(C=C)(Cc1ccccc1)N(C)C.Cl. The topological polar surface area (TPSA) is 32.3 Å². The monoisotopic (exact) mass is 322 g/mol. The Morgan fingerprint density at radius 1 is 1.32 bits per heavy atom. The Hall–Kier alpha value is -1.58. The summed E-state index contributed by atoms with van der Waals surface area (Å²) in [6.07, 6.45) is 4.86. The molecule has 1 N–H and O–H groups in total. The molecule has 2 atom stereocenters. The van der Waals surface area contributed by atoms with Crippen molar-refractivity contribution in [3.05, 3.63) is 61.2 Å². The maximum atomic E-state index is 11.7. The number of nitrogens with zero attached hydrogens (tertiary/aromatic N) is 1. The van der Waals surface area contributed by atoms with Crippen LogP contribution >= 0.6 is 12.4 Å². The van der Waals surface area contributed by atoms with E-state index in [0.717, 1.165) is 12.8 Å². The molecule has 122 valence electrons. The van der Waals surface area contributed by atoms with Gasteiger partial charge in [-0.05, 0) is 38.6 Å². The van der Waals surface area contributed by atoms with Crippen LogP contribution in [0, 0.1) is 0 Å². The molecule has 2 unspecified atom stereocenters. The van der Waals surface area contributed by atoms with Gasteiger partial charge in [0, 0.05) is 0 Å². The minimum atomic E-state index is -0.339. The molecule has 0 aliphatic rings. The van der Waals surface area contributed by atoms with E-state index in [0.29, 0.717) is 0 Å². The molecule has 1 aromatic rings. The number of carbonyl (C=O) groups is 1. The van der Waals surface area contributed by atoms with Gasteiger partial charge in [-0.2, -0.15) is 0 Å².